The third kappa shape index (κ3) is 5.94. The van der Waals surface area contributed by atoms with E-state index in [1.807, 2.05) is 54.1 Å². The number of carbonyl (C=O) groups is 1. The number of benzene rings is 2. The topological polar surface area (TPSA) is 72.3 Å². The van der Waals surface area contributed by atoms with Crippen LogP contribution in [0.15, 0.2) is 59.8 Å². The standard InChI is InChI=1S/C25H31N5O2S/c1-29-24(20-9-5-3-6-10-20)27-28-25(29)33-18-23(31)26-17-22(30-15-7-4-8-16-30)19-11-13-21(32-2)14-12-19/h3,5-6,9-14,22H,4,7-8,15-18H2,1-2H3,(H,26,31). The molecule has 0 bridgehead atoms. The van der Waals surface area contributed by atoms with Crippen molar-refractivity contribution in [2.75, 3.05) is 32.5 Å². The fourth-order valence-corrected chi connectivity index (χ4v) is 4.93. The lowest BCUT2D eigenvalue weighted by Gasteiger charge is -2.35. The number of piperidine rings is 1. The number of hydrogen-bond acceptors (Lipinski definition) is 6. The van der Waals surface area contributed by atoms with Gasteiger partial charge in [-0.25, -0.2) is 0 Å². The molecule has 1 aromatic heterocycles. The number of nitrogens with one attached hydrogen (secondary N) is 1. The lowest BCUT2D eigenvalue weighted by molar-refractivity contribution is -0.118. The monoisotopic (exact) mass is 465 g/mol. The molecule has 2 heterocycles. The number of carbonyl (C=O) groups excluding carboxylic acids is 1. The summed E-state index contributed by atoms with van der Waals surface area (Å²) in [6.45, 7) is 2.70. The fourth-order valence-electron chi connectivity index (χ4n) is 4.18. The van der Waals surface area contributed by atoms with Crippen LogP contribution in [0.4, 0.5) is 0 Å². The van der Waals surface area contributed by atoms with E-state index in [-0.39, 0.29) is 11.9 Å². The molecule has 1 fully saturated rings. The summed E-state index contributed by atoms with van der Waals surface area (Å²) in [6.07, 6.45) is 3.68. The molecule has 1 N–H and O–H groups in total. The summed E-state index contributed by atoms with van der Waals surface area (Å²) in [5.74, 6) is 1.94. The van der Waals surface area contributed by atoms with Crippen LogP contribution < -0.4 is 10.1 Å². The molecule has 8 heteroatoms. The first-order valence-corrected chi connectivity index (χ1v) is 12.4. The Kier molecular flexibility index (Phi) is 8.01. The van der Waals surface area contributed by atoms with Crippen molar-refractivity contribution in [3.63, 3.8) is 0 Å². The van der Waals surface area contributed by atoms with Gasteiger partial charge in [-0.05, 0) is 43.6 Å². The molecule has 2 aromatic carbocycles. The Labute approximate surface area is 199 Å². The highest BCUT2D eigenvalue weighted by Crippen LogP contribution is 2.26. The summed E-state index contributed by atoms with van der Waals surface area (Å²) in [6, 6.07) is 18.3. The first-order valence-electron chi connectivity index (χ1n) is 11.4. The number of nitrogens with zero attached hydrogens (tertiary/aromatic N) is 4. The summed E-state index contributed by atoms with van der Waals surface area (Å²) in [7, 11) is 3.60. The number of methoxy groups -OCH3 is 1. The van der Waals surface area contributed by atoms with Gasteiger partial charge in [0.1, 0.15) is 5.75 Å². The largest absolute Gasteiger partial charge is 0.497 e. The molecule has 1 aliphatic rings. The summed E-state index contributed by atoms with van der Waals surface area (Å²) in [4.78, 5) is 15.2. The average molecular weight is 466 g/mol. The number of rotatable bonds is 9. The average Bonchev–Trinajstić information content (AvgIpc) is 3.24. The van der Waals surface area contributed by atoms with Gasteiger partial charge in [-0.3, -0.25) is 9.69 Å². The minimum Gasteiger partial charge on any atom is -0.497 e. The van der Waals surface area contributed by atoms with E-state index in [0.29, 0.717) is 12.3 Å². The van der Waals surface area contributed by atoms with Gasteiger partial charge in [0.05, 0.1) is 18.9 Å². The Morgan fingerprint density at radius 2 is 1.79 bits per heavy atom. The van der Waals surface area contributed by atoms with Crippen LogP contribution in [-0.2, 0) is 11.8 Å². The van der Waals surface area contributed by atoms with Crippen LogP contribution in [0.5, 0.6) is 5.75 Å². The van der Waals surface area contributed by atoms with E-state index >= 15 is 0 Å². The summed E-state index contributed by atoms with van der Waals surface area (Å²) >= 11 is 1.41. The maximum Gasteiger partial charge on any atom is 0.230 e. The molecular weight excluding hydrogens is 434 g/mol. The molecular formula is C25H31N5O2S. The Bertz CT molecular complexity index is 1030. The number of ether oxygens (including phenoxy) is 1. The smallest absolute Gasteiger partial charge is 0.230 e. The van der Waals surface area contributed by atoms with Crippen LogP contribution in [0.1, 0.15) is 30.9 Å². The van der Waals surface area contributed by atoms with Crippen molar-refractivity contribution >= 4 is 17.7 Å². The van der Waals surface area contributed by atoms with Gasteiger partial charge in [-0.1, -0.05) is 60.6 Å². The fraction of sp³-hybridized carbons (Fsp3) is 0.400. The zero-order valence-electron chi connectivity index (χ0n) is 19.2. The van der Waals surface area contributed by atoms with Crippen LogP contribution in [0.3, 0.4) is 0 Å². The second-order valence-electron chi connectivity index (χ2n) is 8.21. The van der Waals surface area contributed by atoms with Crippen molar-refractivity contribution < 1.29 is 9.53 Å². The normalized spacial score (nSPS) is 15.2. The lowest BCUT2D eigenvalue weighted by atomic mass is 10.0. The molecule has 1 atom stereocenters. The van der Waals surface area contributed by atoms with Gasteiger partial charge in [0.25, 0.3) is 0 Å². The van der Waals surface area contributed by atoms with Crippen molar-refractivity contribution in [3.05, 3.63) is 60.2 Å². The van der Waals surface area contributed by atoms with E-state index in [4.69, 9.17) is 4.74 Å². The predicted octanol–water partition coefficient (Wildman–Crippen LogP) is 3.93. The van der Waals surface area contributed by atoms with E-state index in [0.717, 1.165) is 35.4 Å². The highest BCUT2D eigenvalue weighted by atomic mass is 32.2. The molecule has 33 heavy (non-hydrogen) atoms. The van der Waals surface area contributed by atoms with Crippen LogP contribution in [-0.4, -0.2) is 58.1 Å². The maximum absolute atomic E-state index is 12.7. The minimum atomic E-state index is -0.000202. The molecule has 7 nitrogen and oxygen atoms in total. The molecule has 174 valence electrons. The Balaban J connectivity index is 1.36. The third-order valence-corrected chi connectivity index (χ3v) is 7.04. The van der Waals surface area contributed by atoms with Gasteiger partial charge in [-0.2, -0.15) is 0 Å². The van der Waals surface area contributed by atoms with Gasteiger partial charge >= 0.3 is 0 Å². The van der Waals surface area contributed by atoms with E-state index < -0.39 is 0 Å². The third-order valence-electron chi connectivity index (χ3n) is 6.02. The summed E-state index contributed by atoms with van der Waals surface area (Å²) in [5, 5.41) is 12.4. The van der Waals surface area contributed by atoms with E-state index in [1.165, 1.54) is 36.6 Å². The van der Waals surface area contributed by atoms with Gasteiger partial charge < -0.3 is 14.6 Å². The van der Waals surface area contributed by atoms with Crippen molar-refractivity contribution in [2.24, 2.45) is 7.05 Å². The molecule has 4 rings (SSSR count). The number of thioether (sulfide) groups is 1. The van der Waals surface area contributed by atoms with Gasteiger partial charge in [0.2, 0.25) is 5.91 Å². The molecule has 1 aliphatic heterocycles. The van der Waals surface area contributed by atoms with Crippen LogP contribution >= 0.6 is 11.8 Å². The van der Waals surface area contributed by atoms with Crippen LogP contribution in [0, 0.1) is 0 Å². The number of amides is 1. The molecule has 3 aromatic rings. The predicted molar refractivity (Wildman–Crippen MR) is 131 cm³/mol. The van der Waals surface area contributed by atoms with Gasteiger partial charge in [0.15, 0.2) is 11.0 Å². The quantitative estimate of drug-likeness (QED) is 0.483. The first-order chi connectivity index (χ1) is 16.2. The molecule has 0 saturated carbocycles. The molecule has 0 radical (unpaired) electrons. The SMILES string of the molecule is COc1ccc(C(CNC(=O)CSc2nnc(-c3ccccc3)n2C)N2CCCCC2)cc1. The number of likely N-dealkylation sites (tertiary alicyclic amines) is 1. The lowest BCUT2D eigenvalue weighted by Crippen LogP contribution is -2.41. The van der Waals surface area contributed by atoms with Crippen molar-refractivity contribution in [2.45, 2.75) is 30.5 Å². The van der Waals surface area contributed by atoms with Gasteiger partial charge in [-0.15, -0.1) is 10.2 Å². The Hall–Kier alpha value is -2.84. The number of hydrogen-bond donors (Lipinski definition) is 1. The maximum atomic E-state index is 12.7. The first kappa shape index (κ1) is 23.3. The van der Waals surface area contributed by atoms with E-state index in [1.54, 1.807) is 7.11 Å². The second-order valence-corrected chi connectivity index (χ2v) is 9.15. The zero-order valence-corrected chi connectivity index (χ0v) is 20.1. The molecule has 1 amide bonds. The van der Waals surface area contributed by atoms with Crippen molar-refractivity contribution in [3.8, 4) is 17.1 Å². The van der Waals surface area contributed by atoms with Gasteiger partial charge in [0, 0.05) is 19.2 Å². The molecule has 0 spiro atoms. The van der Waals surface area contributed by atoms with Crippen molar-refractivity contribution in [1.82, 2.24) is 25.0 Å². The Morgan fingerprint density at radius 1 is 1.06 bits per heavy atom. The van der Waals surface area contributed by atoms with E-state index in [9.17, 15) is 4.79 Å². The molecule has 1 unspecified atom stereocenters. The molecule has 0 aliphatic carbocycles. The summed E-state index contributed by atoms with van der Waals surface area (Å²) in [5.41, 5.74) is 2.21. The molecule has 1 saturated heterocycles. The summed E-state index contributed by atoms with van der Waals surface area (Å²) < 4.78 is 7.24. The Morgan fingerprint density at radius 3 is 2.48 bits per heavy atom. The van der Waals surface area contributed by atoms with Crippen LogP contribution in [0.25, 0.3) is 11.4 Å². The zero-order chi connectivity index (χ0) is 23.0. The second kappa shape index (κ2) is 11.3. The van der Waals surface area contributed by atoms with Crippen molar-refractivity contribution in [1.29, 1.82) is 0 Å². The highest BCUT2D eigenvalue weighted by Gasteiger charge is 2.23. The van der Waals surface area contributed by atoms with E-state index in [2.05, 4.69) is 32.5 Å². The number of aromatic nitrogens is 3. The van der Waals surface area contributed by atoms with Crippen LogP contribution in [0.2, 0.25) is 0 Å². The highest BCUT2D eigenvalue weighted by molar-refractivity contribution is 7.99. The minimum absolute atomic E-state index is 0.000202.